The second kappa shape index (κ2) is 5.11. The lowest BCUT2D eigenvalue weighted by molar-refractivity contribution is 0.464. The number of thiazole rings is 1. The number of fused-ring (bicyclic) bond motifs is 1. The number of halogens is 1. The largest absolute Gasteiger partial charge is 0.301 e. The zero-order valence-corrected chi connectivity index (χ0v) is 12.6. The van der Waals surface area contributed by atoms with Crippen molar-refractivity contribution in [1.82, 2.24) is 10.3 Å². The van der Waals surface area contributed by atoms with Crippen LogP contribution < -0.4 is 5.32 Å². The molecular formula is C14H15BrN2S. The molecule has 2 unspecified atom stereocenters. The molecule has 94 valence electrons. The number of nitrogens with one attached hydrogen (secondary N) is 1. The molecule has 0 saturated carbocycles. The van der Waals surface area contributed by atoms with Gasteiger partial charge in [-0.25, -0.2) is 4.98 Å². The molecule has 0 aliphatic heterocycles. The second-order valence-electron chi connectivity index (χ2n) is 4.69. The van der Waals surface area contributed by atoms with E-state index in [1.807, 2.05) is 11.6 Å². The molecule has 1 aliphatic rings. The highest BCUT2D eigenvalue weighted by Gasteiger charge is 2.24. The van der Waals surface area contributed by atoms with E-state index in [-0.39, 0.29) is 0 Å². The van der Waals surface area contributed by atoms with Crippen LogP contribution >= 0.6 is 27.3 Å². The first kappa shape index (κ1) is 12.3. The van der Waals surface area contributed by atoms with E-state index in [0.717, 1.165) is 6.42 Å². The number of benzene rings is 1. The fourth-order valence-corrected chi connectivity index (χ4v) is 3.64. The first-order valence-corrected chi connectivity index (χ1v) is 7.85. The van der Waals surface area contributed by atoms with Crippen LogP contribution in [-0.4, -0.2) is 4.98 Å². The van der Waals surface area contributed by atoms with Crippen molar-refractivity contribution in [2.24, 2.45) is 0 Å². The van der Waals surface area contributed by atoms with Gasteiger partial charge in [-0.15, -0.1) is 11.3 Å². The Kier molecular flexibility index (Phi) is 3.50. The van der Waals surface area contributed by atoms with E-state index in [1.54, 1.807) is 11.3 Å². The average molecular weight is 323 g/mol. The Morgan fingerprint density at radius 3 is 3.17 bits per heavy atom. The summed E-state index contributed by atoms with van der Waals surface area (Å²) in [7, 11) is 0. The number of aryl methyl sites for hydroxylation is 1. The summed E-state index contributed by atoms with van der Waals surface area (Å²) < 4.78 is 1.18. The van der Waals surface area contributed by atoms with E-state index in [2.05, 4.69) is 51.4 Å². The van der Waals surface area contributed by atoms with Crippen molar-refractivity contribution in [3.8, 4) is 0 Å². The first-order chi connectivity index (χ1) is 8.74. The van der Waals surface area contributed by atoms with Gasteiger partial charge in [-0.2, -0.15) is 0 Å². The van der Waals surface area contributed by atoms with Crippen LogP contribution in [0.5, 0.6) is 0 Å². The Bertz CT molecular complexity index is 539. The summed E-state index contributed by atoms with van der Waals surface area (Å²) in [5, 5.41) is 6.89. The molecule has 1 aliphatic carbocycles. The Balaban J connectivity index is 1.77. The van der Waals surface area contributed by atoms with Crippen molar-refractivity contribution in [2.75, 3.05) is 0 Å². The minimum atomic E-state index is 0.324. The van der Waals surface area contributed by atoms with Gasteiger partial charge in [0.15, 0.2) is 0 Å². The van der Waals surface area contributed by atoms with Crippen molar-refractivity contribution >= 4 is 27.3 Å². The van der Waals surface area contributed by atoms with Gasteiger partial charge in [0.1, 0.15) is 5.01 Å². The molecule has 3 rings (SSSR count). The standard InChI is InChI=1S/C14H15BrN2S/c1-9(14-16-6-7-18-14)17-13-5-2-10-8-11(15)3-4-12(10)13/h3-4,6-9,13,17H,2,5H2,1H3. The fraction of sp³-hybridized carbons (Fsp3) is 0.357. The maximum atomic E-state index is 4.38. The van der Waals surface area contributed by atoms with E-state index >= 15 is 0 Å². The average Bonchev–Trinajstić information content (AvgIpc) is 2.98. The summed E-state index contributed by atoms with van der Waals surface area (Å²) >= 11 is 5.26. The molecule has 2 nitrogen and oxygen atoms in total. The van der Waals surface area contributed by atoms with Gasteiger partial charge in [0.05, 0.1) is 6.04 Å². The van der Waals surface area contributed by atoms with E-state index in [0.29, 0.717) is 12.1 Å². The van der Waals surface area contributed by atoms with Crippen LogP contribution in [0.4, 0.5) is 0 Å². The molecule has 4 heteroatoms. The minimum absolute atomic E-state index is 0.324. The van der Waals surface area contributed by atoms with E-state index in [9.17, 15) is 0 Å². The maximum Gasteiger partial charge on any atom is 0.109 e. The zero-order valence-electron chi connectivity index (χ0n) is 10.2. The summed E-state index contributed by atoms with van der Waals surface area (Å²) in [6.07, 6.45) is 4.22. The third-order valence-electron chi connectivity index (χ3n) is 3.46. The Labute approximate surface area is 120 Å². The molecule has 0 saturated heterocycles. The molecule has 1 N–H and O–H groups in total. The quantitative estimate of drug-likeness (QED) is 0.914. The van der Waals surface area contributed by atoms with Crippen molar-refractivity contribution in [1.29, 1.82) is 0 Å². The van der Waals surface area contributed by atoms with Crippen molar-refractivity contribution < 1.29 is 0 Å². The lowest BCUT2D eigenvalue weighted by atomic mass is 10.1. The van der Waals surface area contributed by atoms with Gasteiger partial charge >= 0.3 is 0 Å². The topological polar surface area (TPSA) is 24.9 Å². The highest BCUT2D eigenvalue weighted by Crippen LogP contribution is 2.34. The Morgan fingerprint density at radius 1 is 1.50 bits per heavy atom. The van der Waals surface area contributed by atoms with Crippen LogP contribution in [0, 0.1) is 0 Å². The molecule has 0 spiro atoms. The summed E-state index contributed by atoms with van der Waals surface area (Å²) in [6.45, 7) is 2.19. The summed E-state index contributed by atoms with van der Waals surface area (Å²) in [6, 6.07) is 7.40. The van der Waals surface area contributed by atoms with Crippen molar-refractivity contribution in [2.45, 2.75) is 31.8 Å². The first-order valence-electron chi connectivity index (χ1n) is 6.18. The summed E-state index contributed by atoms with van der Waals surface area (Å²) in [5.41, 5.74) is 2.91. The van der Waals surface area contributed by atoms with Crippen LogP contribution in [0.3, 0.4) is 0 Å². The Morgan fingerprint density at radius 2 is 2.39 bits per heavy atom. The zero-order chi connectivity index (χ0) is 12.5. The predicted octanol–water partition coefficient (Wildman–Crippen LogP) is 4.24. The Hall–Kier alpha value is -0.710. The lowest BCUT2D eigenvalue weighted by Crippen LogP contribution is -2.22. The third kappa shape index (κ3) is 2.37. The van der Waals surface area contributed by atoms with Crippen LogP contribution in [0.2, 0.25) is 0 Å². The van der Waals surface area contributed by atoms with Gasteiger partial charge in [0, 0.05) is 22.1 Å². The number of nitrogens with zero attached hydrogens (tertiary/aromatic N) is 1. The fourth-order valence-electron chi connectivity index (χ4n) is 2.58. The van der Waals surface area contributed by atoms with Crippen LogP contribution in [-0.2, 0) is 6.42 Å². The number of hydrogen-bond acceptors (Lipinski definition) is 3. The van der Waals surface area contributed by atoms with Crippen molar-refractivity contribution in [3.63, 3.8) is 0 Å². The molecule has 0 bridgehead atoms. The summed E-state index contributed by atoms with van der Waals surface area (Å²) in [4.78, 5) is 4.38. The van der Waals surface area contributed by atoms with Gasteiger partial charge in [0.2, 0.25) is 0 Å². The maximum absolute atomic E-state index is 4.38. The molecule has 1 aromatic heterocycles. The molecular weight excluding hydrogens is 308 g/mol. The number of aromatic nitrogens is 1. The van der Waals surface area contributed by atoms with Gasteiger partial charge in [0.25, 0.3) is 0 Å². The van der Waals surface area contributed by atoms with Crippen LogP contribution in [0.15, 0.2) is 34.2 Å². The predicted molar refractivity (Wildman–Crippen MR) is 78.9 cm³/mol. The molecule has 1 heterocycles. The molecule has 0 fully saturated rings. The van der Waals surface area contributed by atoms with Crippen molar-refractivity contribution in [3.05, 3.63) is 50.4 Å². The molecule has 2 aromatic rings. The van der Waals surface area contributed by atoms with Gasteiger partial charge in [-0.1, -0.05) is 22.0 Å². The molecule has 18 heavy (non-hydrogen) atoms. The van der Waals surface area contributed by atoms with Gasteiger partial charge in [-0.05, 0) is 43.0 Å². The SMILES string of the molecule is CC(NC1CCc2cc(Br)ccc21)c1nccs1. The third-order valence-corrected chi connectivity index (χ3v) is 4.91. The molecule has 0 radical (unpaired) electrons. The lowest BCUT2D eigenvalue weighted by Gasteiger charge is -2.18. The minimum Gasteiger partial charge on any atom is -0.301 e. The van der Waals surface area contributed by atoms with Gasteiger partial charge < -0.3 is 5.32 Å². The van der Waals surface area contributed by atoms with E-state index < -0.39 is 0 Å². The number of rotatable bonds is 3. The molecule has 2 atom stereocenters. The molecule has 0 amide bonds. The number of hydrogen-bond donors (Lipinski definition) is 1. The second-order valence-corrected chi connectivity index (χ2v) is 6.53. The highest BCUT2D eigenvalue weighted by atomic mass is 79.9. The van der Waals surface area contributed by atoms with Crippen LogP contribution in [0.1, 0.15) is 41.6 Å². The highest BCUT2D eigenvalue weighted by molar-refractivity contribution is 9.10. The summed E-state index contributed by atoms with van der Waals surface area (Å²) in [5.74, 6) is 0. The monoisotopic (exact) mass is 322 g/mol. The van der Waals surface area contributed by atoms with Crippen LogP contribution in [0.25, 0.3) is 0 Å². The smallest absolute Gasteiger partial charge is 0.109 e. The van der Waals surface area contributed by atoms with Gasteiger partial charge in [-0.3, -0.25) is 0 Å². The van der Waals surface area contributed by atoms with E-state index in [1.165, 1.54) is 27.0 Å². The molecule has 1 aromatic carbocycles. The normalized spacial score (nSPS) is 19.8. The van der Waals surface area contributed by atoms with E-state index in [4.69, 9.17) is 0 Å².